The van der Waals surface area contributed by atoms with E-state index in [1.807, 2.05) is 13.8 Å². The lowest BCUT2D eigenvalue weighted by Crippen LogP contribution is -2.60. The molecule has 0 aliphatic carbocycles. The summed E-state index contributed by atoms with van der Waals surface area (Å²) < 4.78 is 24.4. The minimum atomic E-state index is -3.19. The molecule has 1 N–H and O–H groups in total. The fourth-order valence-electron chi connectivity index (χ4n) is 3.41. The molecule has 25 heavy (non-hydrogen) atoms. The third-order valence-corrected chi connectivity index (χ3v) is 6.38. The molecule has 2 fully saturated rings. The fraction of sp³-hybridized carbons (Fsp3) is 0.562. The van der Waals surface area contributed by atoms with Crippen LogP contribution >= 0.6 is 0 Å². The average molecular weight is 366 g/mol. The molecule has 9 heteroatoms. The molecule has 0 unspecified atom stereocenters. The maximum absolute atomic E-state index is 12.8. The third-order valence-electron chi connectivity index (χ3n) is 4.68. The summed E-state index contributed by atoms with van der Waals surface area (Å²) in [6.45, 7) is 5.73. The van der Waals surface area contributed by atoms with Gasteiger partial charge < -0.3 is 9.88 Å². The molecule has 0 saturated carbocycles. The molecule has 1 aromatic heterocycles. The molecule has 1 aromatic rings. The largest absolute Gasteiger partial charge is 0.330 e. The second-order valence-corrected chi connectivity index (χ2v) is 8.94. The first kappa shape index (κ1) is 17.8. The predicted molar refractivity (Wildman–Crippen MR) is 93.1 cm³/mol. The molecule has 2 aliphatic rings. The Hall–Kier alpha value is -2.00. The number of carbonyl (C=O) groups is 1. The van der Waals surface area contributed by atoms with E-state index in [0.717, 1.165) is 6.20 Å². The number of hydrogen-bond donors (Lipinski definition) is 1. The van der Waals surface area contributed by atoms with Crippen LogP contribution in [-0.2, 0) is 9.84 Å². The second-order valence-electron chi connectivity index (χ2n) is 6.78. The minimum Gasteiger partial charge on any atom is -0.330 e. The molecule has 3 heterocycles. The van der Waals surface area contributed by atoms with Gasteiger partial charge in [-0.2, -0.15) is 0 Å². The van der Waals surface area contributed by atoms with Crippen LogP contribution in [0.15, 0.2) is 28.8 Å². The lowest BCUT2D eigenvalue weighted by molar-refractivity contribution is 0.0362. The number of sulfone groups is 1. The zero-order chi connectivity index (χ0) is 18.2. The SMILES string of the molecule is CC(C)=CCN1CCN(C(=O)c2c[nH]c(=O)cn2)[C@@H]2CS(=O)(=O)C[C@@H]21. The highest BCUT2D eigenvalue weighted by Crippen LogP contribution is 2.27. The number of H-pyrrole nitrogens is 1. The molecule has 136 valence electrons. The molecule has 8 nitrogen and oxygen atoms in total. The number of amides is 1. The Morgan fingerprint density at radius 3 is 2.68 bits per heavy atom. The highest BCUT2D eigenvalue weighted by molar-refractivity contribution is 7.91. The number of allylic oxidation sites excluding steroid dienone is 1. The fourth-order valence-corrected chi connectivity index (χ4v) is 5.42. The van der Waals surface area contributed by atoms with Gasteiger partial charge in [0.05, 0.1) is 23.7 Å². The lowest BCUT2D eigenvalue weighted by atomic mass is 10.0. The third kappa shape index (κ3) is 3.82. The summed E-state index contributed by atoms with van der Waals surface area (Å²) in [6, 6.07) is -0.591. The number of aromatic nitrogens is 2. The van der Waals surface area contributed by atoms with Crippen LogP contribution in [-0.4, -0.2) is 77.3 Å². The number of rotatable bonds is 3. The number of nitrogens with one attached hydrogen (secondary N) is 1. The summed E-state index contributed by atoms with van der Waals surface area (Å²) in [7, 11) is -3.19. The molecule has 0 spiro atoms. The molecule has 0 aromatic carbocycles. The molecular formula is C16H22N4O4S. The highest BCUT2D eigenvalue weighted by Gasteiger charge is 2.48. The molecule has 3 rings (SSSR count). The minimum absolute atomic E-state index is 0.0297. The van der Waals surface area contributed by atoms with Gasteiger partial charge in [-0.25, -0.2) is 13.4 Å². The Labute approximate surface area is 146 Å². The maximum Gasteiger partial charge on any atom is 0.274 e. The van der Waals surface area contributed by atoms with E-state index in [0.29, 0.717) is 19.6 Å². The summed E-state index contributed by atoms with van der Waals surface area (Å²) in [6.07, 6.45) is 4.41. The van der Waals surface area contributed by atoms with Crippen molar-refractivity contribution in [3.8, 4) is 0 Å². The Morgan fingerprint density at radius 1 is 1.32 bits per heavy atom. The molecule has 2 saturated heterocycles. The van der Waals surface area contributed by atoms with Crippen molar-refractivity contribution < 1.29 is 13.2 Å². The first-order valence-electron chi connectivity index (χ1n) is 8.20. The lowest BCUT2D eigenvalue weighted by Gasteiger charge is -2.43. The van der Waals surface area contributed by atoms with Crippen molar-refractivity contribution in [2.24, 2.45) is 0 Å². The first-order valence-corrected chi connectivity index (χ1v) is 10.0. The van der Waals surface area contributed by atoms with Gasteiger partial charge >= 0.3 is 0 Å². The zero-order valence-electron chi connectivity index (χ0n) is 14.3. The summed E-state index contributed by atoms with van der Waals surface area (Å²) >= 11 is 0. The number of nitrogens with zero attached hydrogens (tertiary/aromatic N) is 3. The highest BCUT2D eigenvalue weighted by atomic mass is 32.2. The summed E-state index contributed by atoms with van der Waals surface area (Å²) in [5.41, 5.74) is 0.915. The van der Waals surface area contributed by atoms with E-state index < -0.39 is 9.84 Å². The van der Waals surface area contributed by atoms with Crippen molar-refractivity contribution in [3.05, 3.63) is 40.1 Å². The molecular weight excluding hydrogens is 344 g/mol. The number of carbonyl (C=O) groups excluding carboxylic acids is 1. The van der Waals surface area contributed by atoms with E-state index in [1.54, 1.807) is 4.90 Å². The second kappa shape index (κ2) is 6.72. The molecule has 0 bridgehead atoms. The van der Waals surface area contributed by atoms with Crippen LogP contribution in [0.5, 0.6) is 0 Å². The average Bonchev–Trinajstić information content (AvgIpc) is 2.87. The molecule has 2 aliphatic heterocycles. The normalized spacial score (nSPS) is 25.4. The summed E-state index contributed by atoms with van der Waals surface area (Å²) in [5.74, 6) is -0.306. The van der Waals surface area contributed by atoms with Gasteiger partial charge in [-0.05, 0) is 13.8 Å². The van der Waals surface area contributed by atoms with Crippen LogP contribution in [0.25, 0.3) is 0 Å². The Balaban J connectivity index is 1.85. The van der Waals surface area contributed by atoms with Crippen LogP contribution in [0.4, 0.5) is 0 Å². The van der Waals surface area contributed by atoms with Gasteiger partial charge in [0.2, 0.25) is 0 Å². The van der Waals surface area contributed by atoms with Crippen molar-refractivity contribution in [1.82, 2.24) is 19.8 Å². The van der Waals surface area contributed by atoms with Crippen LogP contribution in [0.2, 0.25) is 0 Å². The van der Waals surface area contributed by atoms with Crippen molar-refractivity contribution in [3.63, 3.8) is 0 Å². The maximum atomic E-state index is 12.8. The first-order chi connectivity index (χ1) is 11.8. The van der Waals surface area contributed by atoms with E-state index >= 15 is 0 Å². The van der Waals surface area contributed by atoms with Gasteiger partial charge in [-0.1, -0.05) is 11.6 Å². The smallest absolute Gasteiger partial charge is 0.274 e. The Kier molecular flexibility index (Phi) is 4.79. The summed E-state index contributed by atoms with van der Waals surface area (Å²) in [5, 5.41) is 0. The molecule has 2 atom stereocenters. The number of fused-ring (bicyclic) bond motifs is 1. The number of piperazine rings is 1. The van der Waals surface area contributed by atoms with Gasteiger partial charge in [0.25, 0.3) is 11.5 Å². The quantitative estimate of drug-likeness (QED) is 0.734. The monoisotopic (exact) mass is 366 g/mol. The van der Waals surface area contributed by atoms with Crippen molar-refractivity contribution in [1.29, 1.82) is 0 Å². The van der Waals surface area contributed by atoms with Crippen LogP contribution in [0.1, 0.15) is 24.3 Å². The standard InChI is InChI=1S/C16H22N4O4S/c1-11(2)3-4-19-5-6-20(14-10-25(23,24)9-13(14)19)16(22)12-7-18-15(21)8-17-12/h3,7-8,13-14H,4-6,9-10H2,1-2H3,(H,18,21)/t13-,14+/m0/s1. The van der Waals surface area contributed by atoms with Gasteiger partial charge in [-0.15, -0.1) is 0 Å². The van der Waals surface area contributed by atoms with Crippen molar-refractivity contribution in [2.45, 2.75) is 25.9 Å². The van der Waals surface area contributed by atoms with E-state index in [4.69, 9.17) is 0 Å². The van der Waals surface area contributed by atoms with Crippen molar-refractivity contribution >= 4 is 15.7 Å². The zero-order valence-corrected chi connectivity index (χ0v) is 15.1. The van der Waals surface area contributed by atoms with E-state index in [2.05, 4.69) is 20.9 Å². The van der Waals surface area contributed by atoms with Gasteiger partial charge in [0, 0.05) is 31.9 Å². The Bertz CT molecular complexity index is 837. The van der Waals surface area contributed by atoms with E-state index in [9.17, 15) is 18.0 Å². The van der Waals surface area contributed by atoms with Crippen LogP contribution in [0, 0.1) is 0 Å². The van der Waals surface area contributed by atoms with Crippen molar-refractivity contribution in [2.75, 3.05) is 31.1 Å². The topological polar surface area (TPSA) is 103 Å². The molecule has 1 amide bonds. The number of hydrogen-bond acceptors (Lipinski definition) is 6. The van der Waals surface area contributed by atoms with Crippen LogP contribution < -0.4 is 5.56 Å². The van der Waals surface area contributed by atoms with Gasteiger partial charge in [0.1, 0.15) is 5.69 Å². The van der Waals surface area contributed by atoms with Gasteiger partial charge in [0.15, 0.2) is 9.84 Å². The molecule has 0 radical (unpaired) electrons. The van der Waals surface area contributed by atoms with Gasteiger partial charge in [-0.3, -0.25) is 14.5 Å². The van der Waals surface area contributed by atoms with E-state index in [-0.39, 0.29) is 40.7 Å². The predicted octanol–water partition coefficient (Wildman–Crippen LogP) is -0.340. The Morgan fingerprint density at radius 2 is 2.04 bits per heavy atom. The van der Waals surface area contributed by atoms with E-state index in [1.165, 1.54) is 11.8 Å². The number of aromatic amines is 1. The van der Waals surface area contributed by atoms with Crippen LogP contribution in [0.3, 0.4) is 0 Å². The summed E-state index contributed by atoms with van der Waals surface area (Å²) in [4.78, 5) is 33.9.